The number of piperidine rings is 1. The molecule has 3 rings (SSSR count). The first kappa shape index (κ1) is 16.3. The maximum absolute atomic E-state index is 12.0. The highest BCUT2D eigenvalue weighted by atomic mass is 16.5. The third-order valence-corrected chi connectivity index (χ3v) is 4.87. The number of aromatic hydroxyl groups is 1. The molecule has 1 aromatic carbocycles. The summed E-state index contributed by atoms with van der Waals surface area (Å²) in [5, 5.41) is 12.4. The van der Waals surface area contributed by atoms with Crippen LogP contribution < -0.4 is 5.32 Å². The number of carbonyl (C=O) groups is 1. The Balaban J connectivity index is 1.38. The van der Waals surface area contributed by atoms with Crippen LogP contribution >= 0.6 is 0 Å². The number of benzene rings is 1. The smallest absolute Gasteiger partial charge is 0.234 e. The van der Waals surface area contributed by atoms with Gasteiger partial charge >= 0.3 is 0 Å². The maximum atomic E-state index is 12.0. The number of phenols is 1. The van der Waals surface area contributed by atoms with Crippen molar-refractivity contribution in [3.05, 3.63) is 29.8 Å². The van der Waals surface area contributed by atoms with E-state index in [4.69, 9.17) is 4.74 Å². The molecule has 0 saturated carbocycles. The second-order valence-corrected chi connectivity index (χ2v) is 6.58. The van der Waals surface area contributed by atoms with E-state index >= 15 is 0 Å². The van der Waals surface area contributed by atoms with E-state index in [9.17, 15) is 9.90 Å². The van der Waals surface area contributed by atoms with Crippen molar-refractivity contribution in [2.45, 2.75) is 37.7 Å². The minimum atomic E-state index is 0.101. The molecule has 5 nitrogen and oxygen atoms in total. The molecule has 1 aromatic rings. The average molecular weight is 318 g/mol. The fourth-order valence-corrected chi connectivity index (χ4v) is 3.46. The van der Waals surface area contributed by atoms with Crippen molar-refractivity contribution < 1.29 is 14.6 Å². The Bertz CT molecular complexity index is 504. The van der Waals surface area contributed by atoms with Crippen LogP contribution in [0.25, 0.3) is 0 Å². The molecule has 2 fully saturated rings. The van der Waals surface area contributed by atoms with E-state index in [1.807, 2.05) is 12.1 Å². The van der Waals surface area contributed by atoms with Gasteiger partial charge < -0.3 is 15.2 Å². The molecule has 0 aromatic heterocycles. The van der Waals surface area contributed by atoms with Crippen molar-refractivity contribution in [3.8, 4) is 5.75 Å². The second kappa shape index (κ2) is 7.79. The highest BCUT2D eigenvalue weighted by Crippen LogP contribution is 2.28. The van der Waals surface area contributed by atoms with Crippen LogP contribution in [0.1, 0.15) is 37.2 Å². The summed E-state index contributed by atoms with van der Waals surface area (Å²) in [4.78, 5) is 14.2. The van der Waals surface area contributed by atoms with E-state index in [2.05, 4.69) is 10.2 Å². The number of hydrogen-bond donors (Lipinski definition) is 2. The summed E-state index contributed by atoms with van der Waals surface area (Å²) in [5.41, 5.74) is 1.28. The van der Waals surface area contributed by atoms with Crippen LogP contribution in [0.5, 0.6) is 5.75 Å². The summed E-state index contributed by atoms with van der Waals surface area (Å²) < 4.78 is 5.52. The molecule has 1 amide bonds. The van der Waals surface area contributed by atoms with E-state index in [0.717, 1.165) is 45.4 Å². The lowest BCUT2D eigenvalue weighted by Gasteiger charge is -2.31. The van der Waals surface area contributed by atoms with E-state index in [1.165, 1.54) is 5.56 Å². The molecule has 2 saturated heterocycles. The Hall–Kier alpha value is -1.59. The number of rotatable bonds is 5. The van der Waals surface area contributed by atoms with E-state index in [-0.39, 0.29) is 12.0 Å². The summed E-state index contributed by atoms with van der Waals surface area (Å²) >= 11 is 0. The van der Waals surface area contributed by atoms with Gasteiger partial charge in [-0.3, -0.25) is 9.69 Å². The van der Waals surface area contributed by atoms with Gasteiger partial charge in [-0.05, 0) is 62.4 Å². The number of phenolic OH excluding ortho intramolecular Hbond substituents is 1. The highest BCUT2D eigenvalue weighted by Gasteiger charge is 2.22. The SMILES string of the molecule is O=C(CN1CCC(c2ccc(O)cc2)CC1)NCC1CCCO1. The van der Waals surface area contributed by atoms with Crippen molar-refractivity contribution in [2.75, 3.05) is 32.8 Å². The second-order valence-electron chi connectivity index (χ2n) is 6.58. The standard InChI is InChI=1S/C18H26N2O3/c21-16-5-3-14(4-6-16)15-7-9-20(10-8-15)13-18(22)19-12-17-2-1-11-23-17/h3-6,15,17,21H,1-2,7-13H2,(H,19,22). The van der Waals surface area contributed by atoms with E-state index in [1.54, 1.807) is 12.1 Å². The van der Waals surface area contributed by atoms with Gasteiger partial charge in [0.25, 0.3) is 0 Å². The number of nitrogens with zero attached hydrogens (tertiary/aromatic N) is 1. The van der Waals surface area contributed by atoms with Gasteiger partial charge in [0.2, 0.25) is 5.91 Å². The van der Waals surface area contributed by atoms with Gasteiger partial charge in [0.1, 0.15) is 5.75 Å². The molecule has 1 unspecified atom stereocenters. The maximum Gasteiger partial charge on any atom is 0.234 e. The normalized spacial score (nSPS) is 23.0. The molecule has 0 spiro atoms. The molecule has 2 N–H and O–H groups in total. The lowest BCUT2D eigenvalue weighted by atomic mass is 9.89. The van der Waals surface area contributed by atoms with Crippen molar-refractivity contribution >= 4 is 5.91 Å². The molecule has 0 aliphatic carbocycles. The Labute approximate surface area is 137 Å². The zero-order chi connectivity index (χ0) is 16.1. The zero-order valence-electron chi connectivity index (χ0n) is 13.5. The fourth-order valence-electron chi connectivity index (χ4n) is 3.46. The predicted octanol–water partition coefficient (Wildman–Crippen LogP) is 1.87. The predicted molar refractivity (Wildman–Crippen MR) is 88.5 cm³/mol. The number of hydrogen-bond acceptors (Lipinski definition) is 4. The number of likely N-dealkylation sites (tertiary alicyclic amines) is 1. The minimum absolute atomic E-state index is 0.101. The summed E-state index contributed by atoms with van der Waals surface area (Å²) in [5.74, 6) is 0.944. The molecule has 1 atom stereocenters. The largest absolute Gasteiger partial charge is 0.508 e. The number of carbonyl (C=O) groups excluding carboxylic acids is 1. The molecular formula is C18H26N2O3. The van der Waals surface area contributed by atoms with Crippen LogP contribution in [0.15, 0.2) is 24.3 Å². The van der Waals surface area contributed by atoms with Gasteiger partial charge in [-0.2, -0.15) is 0 Å². The van der Waals surface area contributed by atoms with Crippen molar-refractivity contribution in [3.63, 3.8) is 0 Å². The lowest BCUT2D eigenvalue weighted by molar-refractivity contribution is -0.123. The summed E-state index contributed by atoms with van der Waals surface area (Å²) in [6, 6.07) is 7.51. The van der Waals surface area contributed by atoms with Crippen molar-refractivity contribution in [1.29, 1.82) is 0 Å². The molecule has 23 heavy (non-hydrogen) atoms. The van der Waals surface area contributed by atoms with Crippen LogP contribution in [-0.4, -0.2) is 54.8 Å². The molecule has 0 radical (unpaired) electrons. The minimum Gasteiger partial charge on any atom is -0.508 e. The van der Waals surface area contributed by atoms with Gasteiger partial charge in [-0.25, -0.2) is 0 Å². The number of amides is 1. The van der Waals surface area contributed by atoms with Crippen molar-refractivity contribution in [2.24, 2.45) is 0 Å². The van der Waals surface area contributed by atoms with Gasteiger partial charge in [0.15, 0.2) is 0 Å². The zero-order valence-corrected chi connectivity index (χ0v) is 13.5. The van der Waals surface area contributed by atoms with Gasteiger partial charge in [0.05, 0.1) is 12.6 Å². The number of nitrogens with one attached hydrogen (secondary N) is 1. The first-order valence-corrected chi connectivity index (χ1v) is 8.60. The van der Waals surface area contributed by atoms with Crippen LogP contribution in [0.3, 0.4) is 0 Å². The Kier molecular flexibility index (Phi) is 5.51. The van der Waals surface area contributed by atoms with Crippen LogP contribution in [0.2, 0.25) is 0 Å². The van der Waals surface area contributed by atoms with Gasteiger partial charge in [-0.1, -0.05) is 12.1 Å². The van der Waals surface area contributed by atoms with E-state index in [0.29, 0.717) is 24.8 Å². The van der Waals surface area contributed by atoms with E-state index < -0.39 is 0 Å². The Morgan fingerprint density at radius 3 is 2.61 bits per heavy atom. The molecule has 5 heteroatoms. The third-order valence-electron chi connectivity index (χ3n) is 4.87. The summed E-state index contributed by atoms with van der Waals surface area (Å²) in [6.07, 6.45) is 4.48. The average Bonchev–Trinajstić information content (AvgIpc) is 3.08. The summed E-state index contributed by atoms with van der Waals surface area (Å²) in [7, 11) is 0. The molecule has 0 bridgehead atoms. The molecule has 2 heterocycles. The third kappa shape index (κ3) is 4.69. The molecule has 2 aliphatic rings. The lowest BCUT2D eigenvalue weighted by Crippen LogP contribution is -2.42. The molecular weight excluding hydrogens is 292 g/mol. The number of ether oxygens (including phenoxy) is 1. The summed E-state index contributed by atoms with van der Waals surface area (Å²) in [6.45, 7) is 3.83. The van der Waals surface area contributed by atoms with Gasteiger partial charge in [-0.15, -0.1) is 0 Å². The topological polar surface area (TPSA) is 61.8 Å². The quantitative estimate of drug-likeness (QED) is 0.870. The fraction of sp³-hybridized carbons (Fsp3) is 0.611. The molecule has 2 aliphatic heterocycles. The van der Waals surface area contributed by atoms with Crippen LogP contribution in [-0.2, 0) is 9.53 Å². The highest BCUT2D eigenvalue weighted by molar-refractivity contribution is 5.78. The monoisotopic (exact) mass is 318 g/mol. The molecule has 126 valence electrons. The van der Waals surface area contributed by atoms with Crippen LogP contribution in [0, 0.1) is 0 Å². The Morgan fingerprint density at radius 1 is 1.22 bits per heavy atom. The van der Waals surface area contributed by atoms with Gasteiger partial charge in [0, 0.05) is 13.2 Å². The first-order chi connectivity index (χ1) is 11.2. The first-order valence-electron chi connectivity index (χ1n) is 8.60. The van der Waals surface area contributed by atoms with Crippen molar-refractivity contribution in [1.82, 2.24) is 10.2 Å². The van der Waals surface area contributed by atoms with Crippen LogP contribution in [0.4, 0.5) is 0 Å². The Morgan fingerprint density at radius 2 is 1.96 bits per heavy atom.